The van der Waals surface area contributed by atoms with Crippen LogP contribution in [0, 0.1) is 0 Å². The number of unbranched alkanes of at least 4 members (excludes halogenated alkanes) is 2. The Balaban J connectivity index is 2.01. The summed E-state index contributed by atoms with van der Waals surface area (Å²) in [4.78, 5) is 10.5. The second kappa shape index (κ2) is 8.47. The van der Waals surface area contributed by atoms with Gasteiger partial charge in [-0.15, -0.1) is 11.3 Å². The molecule has 20 heavy (non-hydrogen) atoms. The highest BCUT2D eigenvalue weighted by atomic mass is 32.2. The van der Waals surface area contributed by atoms with Gasteiger partial charge in [0, 0.05) is 6.54 Å². The van der Waals surface area contributed by atoms with E-state index < -0.39 is 0 Å². The number of nitrogens with one attached hydrogen (secondary N) is 1. The van der Waals surface area contributed by atoms with Crippen LogP contribution in [0.4, 0.5) is 5.82 Å². The molecule has 0 fully saturated rings. The summed E-state index contributed by atoms with van der Waals surface area (Å²) in [7, 11) is 0. The molecule has 0 aliphatic heterocycles. The van der Waals surface area contributed by atoms with Crippen LogP contribution >= 0.6 is 23.1 Å². The first-order valence-electron chi connectivity index (χ1n) is 7.40. The maximum Gasteiger partial charge on any atom is 0.142 e. The molecule has 0 bridgehead atoms. The fourth-order valence-corrected chi connectivity index (χ4v) is 3.61. The van der Waals surface area contributed by atoms with Crippen molar-refractivity contribution >= 4 is 39.1 Å². The fraction of sp³-hybridized carbons (Fsp3) is 0.600. The Labute approximate surface area is 129 Å². The maximum absolute atomic E-state index is 4.69. The zero-order valence-corrected chi connectivity index (χ0v) is 13.9. The average Bonchev–Trinajstić information content (AvgIpc) is 2.93. The van der Waals surface area contributed by atoms with Crippen LogP contribution in [0.2, 0.25) is 0 Å². The van der Waals surface area contributed by atoms with Crippen molar-refractivity contribution < 1.29 is 0 Å². The van der Waals surface area contributed by atoms with E-state index in [4.69, 9.17) is 4.98 Å². The first kappa shape index (κ1) is 15.6. The number of thioether (sulfide) groups is 1. The molecule has 110 valence electrons. The van der Waals surface area contributed by atoms with E-state index in [9.17, 15) is 0 Å². The van der Waals surface area contributed by atoms with E-state index in [1.165, 1.54) is 25.0 Å². The molecule has 0 atom stereocenters. The molecule has 2 aromatic rings. The lowest BCUT2D eigenvalue weighted by atomic mass is 10.3. The zero-order valence-electron chi connectivity index (χ0n) is 12.3. The third kappa shape index (κ3) is 4.35. The Kier molecular flexibility index (Phi) is 6.60. The number of aromatic nitrogens is 2. The number of nitrogens with zero attached hydrogens (tertiary/aromatic N) is 2. The van der Waals surface area contributed by atoms with E-state index in [1.807, 2.05) is 11.8 Å². The molecular weight excluding hydrogens is 286 g/mol. The molecule has 0 aromatic carbocycles. The Bertz CT molecular complexity index is 525. The standard InChI is InChI=1S/C15H23N3S2/c1-3-5-6-9-19-11-13-17-14(16-8-4-2)12-7-10-20-15(12)18-13/h7,10H,3-6,8-9,11H2,1-2H3,(H,16,17,18). The number of fused-ring (bicyclic) bond motifs is 1. The molecule has 5 heteroatoms. The van der Waals surface area contributed by atoms with Crippen LogP contribution in [0.3, 0.4) is 0 Å². The number of rotatable bonds is 9. The molecule has 2 aromatic heterocycles. The minimum atomic E-state index is 0.915. The summed E-state index contributed by atoms with van der Waals surface area (Å²) in [5, 5.41) is 6.67. The molecule has 1 N–H and O–H groups in total. The number of anilines is 1. The van der Waals surface area contributed by atoms with Crippen molar-refractivity contribution in [2.45, 2.75) is 45.3 Å². The lowest BCUT2D eigenvalue weighted by molar-refractivity contribution is 0.778. The molecule has 0 saturated carbocycles. The van der Waals surface area contributed by atoms with E-state index >= 15 is 0 Å². The second-order valence-corrected chi connectivity index (χ2v) is 6.81. The summed E-state index contributed by atoms with van der Waals surface area (Å²) >= 11 is 3.64. The first-order chi connectivity index (χ1) is 9.85. The highest BCUT2D eigenvalue weighted by molar-refractivity contribution is 7.98. The molecule has 0 radical (unpaired) electrons. The lowest BCUT2D eigenvalue weighted by Gasteiger charge is -2.08. The quantitative estimate of drug-likeness (QED) is 0.666. The molecular formula is C15H23N3S2. The van der Waals surface area contributed by atoms with Crippen molar-refractivity contribution in [2.24, 2.45) is 0 Å². The van der Waals surface area contributed by atoms with Gasteiger partial charge in [-0.2, -0.15) is 11.8 Å². The van der Waals surface area contributed by atoms with Crippen molar-refractivity contribution in [3.05, 3.63) is 17.3 Å². The second-order valence-electron chi connectivity index (χ2n) is 4.81. The van der Waals surface area contributed by atoms with E-state index in [2.05, 4.69) is 35.6 Å². The molecule has 3 nitrogen and oxygen atoms in total. The Morgan fingerprint density at radius 2 is 2.10 bits per heavy atom. The summed E-state index contributed by atoms with van der Waals surface area (Å²) in [5.41, 5.74) is 0. The van der Waals surface area contributed by atoms with Gasteiger partial charge in [0.1, 0.15) is 16.5 Å². The molecule has 0 saturated heterocycles. The van der Waals surface area contributed by atoms with E-state index in [0.29, 0.717) is 0 Å². The molecule has 0 unspecified atom stereocenters. The van der Waals surface area contributed by atoms with Crippen molar-refractivity contribution in [2.75, 3.05) is 17.6 Å². The minimum absolute atomic E-state index is 0.915. The van der Waals surface area contributed by atoms with Crippen LogP contribution in [-0.2, 0) is 5.75 Å². The van der Waals surface area contributed by atoms with Crippen LogP contribution in [0.1, 0.15) is 45.4 Å². The molecule has 0 spiro atoms. The van der Waals surface area contributed by atoms with Gasteiger partial charge in [0.15, 0.2) is 0 Å². The molecule has 0 aliphatic rings. The monoisotopic (exact) mass is 309 g/mol. The predicted octanol–water partition coefficient (Wildman–Crippen LogP) is 4.94. The summed E-state index contributed by atoms with van der Waals surface area (Å²) < 4.78 is 0. The van der Waals surface area contributed by atoms with Crippen molar-refractivity contribution in [3.8, 4) is 0 Å². The van der Waals surface area contributed by atoms with Crippen LogP contribution in [0.5, 0.6) is 0 Å². The molecule has 0 aliphatic carbocycles. The van der Waals surface area contributed by atoms with Gasteiger partial charge in [0.2, 0.25) is 0 Å². The van der Waals surface area contributed by atoms with Gasteiger partial charge in [0.05, 0.1) is 11.1 Å². The zero-order chi connectivity index (χ0) is 14.2. The van der Waals surface area contributed by atoms with Gasteiger partial charge in [-0.3, -0.25) is 0 Å². The predicted molar refractivity (Wildman–Crippen MR) is 91.9 cm³/mol. The average molecular weight is 310 g/mol. The number of hydrogen-bond donors (Lipinski definition) is 1. The molecule has 2 heterocycles. The van der Waals surface area contributed by atoms with Gasteiger partial charge in [-0.05, 0) is 30.0 Å². The topological polar surface area (TPSA) is 37.8 Å². The van der Waals surface area contributed by atoms with Crippen molar-refractivity contribution in [3.63, 3.8) is 0 Å². The van der Waals surface area contributed by atoms with Gasteiger partial charge in [-0.1, -0.05) is 26.7 Å². The summed E-state index contributed by atoms with van der Waals surface area (Å²) in [5.74, 6) is 4.08. The normalized spacial score (nSPS) is 11.1. The van der Waals surface area contributed by atoms with Crippen LogP contribution in [0.15, 0.2) is 11.4 Å². The van der Waals surface area contributed by atoms with Crippen molar-refractivity contribution in [1.29, 1.82) is 0 Å². The van der Waals surface area contributed by atoms with E-state index in [0.717, 1.165) is 40.6 Å². The highest BCUT2D eigenvalue weighted by Crippen LogP contribution is 2.26. The Morgan fingerprint density at radius 1 is 1.20 bits per heavy atom. The third-order valence-electron chi connectivity index (χ3n) is 3.04. The van der Waals surface area contributed by atoms with Gasteiger partial charge in [0.25, 0.3) is 0 Å². The lowest BCUT2D eigenvalue weighted by Crippen LogP contribution is -2.05. The van der Waals surface area contributed by atoms with Gasteiger partial charge in [-0.25, -0.2) is 9.97 Å². The Hall–Kier alpha value is -0.810. The smallest absolute Gasteiger partial charge is 0.142 e. The third-order valence-corrected chi connectivity index (χ3v) is 4.88. The highest BCUT2D eigenvalue weighted by Gasteiger charge is 2.08. The van der Waals surface area contributed by atoms with Gasteiger partial charge >= 0.3 is 0 Å². The number of thiophene rings is 1. The van der Waals surface area contributed by atoms with Crippen molar-refractivity contribution in [1.82, 2.24) is 9.97 Å². The summed E-state index contributed by atoms with van der Waals surface area (Å²) in [6.45, 7) is 5.37. The van der Waals surface area contributed by atoms with Crippen LogP contribution < -0.4 is 5.32 Å². The molecule has 0 amide bonds. The molecule has 2 rings (SSSR count). The van der Waals surface area contributed by atoms with Crippen LogP contribution in [0.25, 0.3) is 10.2 Å². The van der Waals surface area contributed by atoms with E-state index in [-0.39, 0.29) is 0 Å². The largest absolute Gasteiger partial charge is 0.369 e. The fourth-order valence-electron chi connectivity index (χ4n) is 1.96. The summed E-state index contributed by atoms with van der Waals surface area (Å²) in [6.07, 6.45) is 5.00. The Morgan fingerprint density at radius 3 is 2.90 bits per heavy atom. The van der Waals surface area contributed by atoms with Crippen LogP contribution in [-0.4, -0.2) is 22.3 Å². The number of hydrogen-bond acceptors (Lipinski definition) is 5. The van der Waals surface area contributed by atoms with Gasteiger partial charge < -0.3 is 5.32 Å². The minimum Gasteiger partial charge on any atom is -0.369 e. The maximum atomic E-state index is 4.69. The van der Waals surface area contributed by atoms with E-state index in [1.54, 1.807) is 11.3 Å². The summed E-state index contributed by atoms with van der Waals surface area (Å²) in [6, 6.07) is 2.11. The first-order valence-corrected chi connectivity index (χ1v) is 9.44. The SMILES string of the molecule is CCCCCSCc1nc(NCCC)c2ccsc2n1.